The van der Waals surface area contributed by atoms with Gasteiger partial charge in [-0.05, 0) is 39.9 Å². The molecule has 0 N–H and O–H groups in total. The Kier molecular flexibility index (Phi) is 2.62. The molecule has 3 aromatic carbocycles. The second kappa shape index (κ2) is 4.61. The quantitative estimate of drug-likeness (QED) is 0.489. The maximum atomic E-state index is 9.19. The van der Waals surface area contributed by atoms with E-state index in [-0.39, 0.29) is 5.92 Å². The van der Waals surface area contributed by atoms with Crippen LogP contribution >= 0.6 is 0 Å². The van der Waals surface area contributed by atoms with Crippen LogP contribution in [0.3, 0.4) is 0 Å². The molecule has 0 saturated heterocycles. The van der Waals surface area contributed by atoms with Gasteiger partial charge in [0.2, 0.25) is 0 Å². The molecule has 1 heteroatoms. The molecule has 0 heterocycles. The topological polar surface area (TPSA) is 23.8 Å². The fraction of sp³-hybridized carbons (Fsp3) is 0.0500. The molecule has 1 aliphatic rings. The Balaban J connectivity index is 2.02. The zero-order valence-electron chi connectivity index (χ0n) is 11.5. The van der Waals surface area contributed by atoms with Crippen molar-refractivity contribution in [2.45, 2.75) is 5.92 Å². The Bertz CT molecular complexity index is 857. The summed E-state index contributed by atoms with van der Waals surface area (Å²) in [5.41, 5.74) is 7.10. The van der Waals surface area contributed by atoms with E-state index in [2.05, 4.69) is 60.7 Å². The molecule has 1 nitrogen and oxygen atoms in total. The largest absolute Gasteiger partial charge is 0.192 e. The number of fused-ring (bicyclic) bond motifs is 3. The van der Waals surface area contributed by atoms with Crippen molar-refractivity contribution in [2.75, 3.05) is 0 Å². The minimum atomic E-state index is 0.227. The van der Waals surface area contributed by atoms with Crippen LogP contribution in [0.25, 0.3) is 11.1 Å². The number of hydrogen-bond acceptors (Lipinski definition) is 1. The highest BCUT2D eigenvalue weighted by atomic mass is 14.3. The van der Waals surface area contributed by atoms with Crippen molar-refractivity contribution in [1.82, 2.24) is 0 Å². The zero-order valence-corrected chi connectivity index (χ0v) is 11.5. The summed E-state index contributed by atoms with van der Waals surface area (Å²) in [6.45, 7) is 0. The van der Waals surface area contributed by atoms with Crippen molar-refractivity contribution in [3.63, 3.8) is 0 Å². The van der Waals surface area contributed by atoms with Crippen LogP contribution in [-0.4, -0.2) is 0 Å². The lowest BCUT2D eigenvalue weighted by molar-refractivity contribution is 1.01. The van der Waals surface area contributed by atoms with Crippen molar-refractivity contribution >= 4 is 0 Å². The third kappa shape index (κ3) is 1.77. The summed E-state index contributed by atoms with van der Waals surface area (Å²) >= 11 is 0. The summed E-state index contributed by atoms with van der Waals surface area (Å²) in [7, 11) is 0. The molecule has 4 rings (SSSR count). The minimum absolute atomic E-state index is 0.227. The van der Waals surface area contributed by atoms with Crippen molar-refractivity contribution in [3.05, 3.63) is 95.1 Å². The van der Waals surface area contributed by atoms with Crippen molar-refractivity contribution < 1.29 is 0 Å². The smallest absolute Gasteiger partial charge is 0.0991 e. The summed E-state index contributed by atoms with van der Waals surface area (Å²) in [6.07, 6.45) is 0. The number of rotatable bonds is 1. The lowest BCUT2D eigenvalue weighted by Gasteiger charge is -2.14. The monoisotopic (exact) mass is 267 g/mol. The Hall–Kier alpha value is -2.85. The average molecular weight is 267 g/mol. The second-order valence-corrected chi connectivity index (χ2v) is 5.34. The summed E-state index contributed by atoms with van der Waals surface area (Å²) < 4.78 is 0. The van der Waals surface area contributed by atoms with Gasteiger partial charge in [-0.3, -0.25) is 0 Å². The van der Waals surface area contributed by atoms with E-state index in [0.29, 0.717) is 0 Å². The molecule has 1 aliphatic carbocycles. The molecule has 1 unspecified atom stereocenters. The van der Waals surface area contributed by atoms with E-state index in [1.165, 1.54) is 27.8 Å². The van der Waals surface area contributed by atoms with Crippen LogP contribution in [0.5, 0.6) is 0 Å². The Morgan fingerprint density at radius 2 is 1.43 bits per heavy atom. The molecule has 0 radical (unpaired) electrons. The Morgan fingerprint density at radius 3 is 2.24 bits per heavy atom. The Morgan fingerprint density at radius 1 is 0.714 bits per heavy atom. The van der Waals surface area contributed by atoms with E-state index in [1.54, 1.807) is 0 Å². The molecule has 3 aromatic rings. The van der Waals surface area contributed by atoms with Crippen LogP contribution < -0.4 is 0 Å². The van der Waals surface area contributed by atoms with Crippen LogP contribution in [-0.2, 0) is 0 Å². The average Bonchev–Trinajstić information content (AvgIpc) is 2.89. The molecule has 0 amide bonds. The first kappa shape index (κ1) is 11.9. The Labute approximate surface area is 124 Å². The van der Waals surface area contributed by atoms with Crippen molar-refractivity contribution in [1.29, 1.82) is 5.26 Å². The molecule has 0 aliphatic heterocycles. The van der Waals surface area contributed by atoms with E-state index >= 15 is 0 Å². The lowest BCUT2D eigenvalue weighted by Crippen LogP contribution is -1.99. The van der Waals surface area contributed by atoms with Gasteiger partial charge in [0, 0.05) is 5.92 Å². The van der Waals surface area contributed by atoms with E-state index in [0.717, 1.165) is 5.56 Å². The van der Waals surface area contributed by atoms with Gasteiger partial charge < -0.3 is 0 Å². The maximum Gasteiger partial charge on any atom is 0.0991 e. The predicted octanol–water partition coefficient (Wildman–Crippen LogP) is 4.72. The van der Waals surface area contributed by atoms with Gasteiger partial charge in [0.25, 0.3) is 0 Å². The highest BCUT2D eigenvalue weighted by Crippen LogP contribution is 2.47. The van der Waals surface area contributed by atoms with Crippen LogP contribution in [0.1, 0.15) is 28.2 Å². The van der Waals surface area contributed by atoms with Gasteiger partial charge in [-0.1, -0.05) is 60.7 Å². The first-order chi connectivity index (χ1) is 10.4. The molecule has 0 bridgehead atoms. The summed E-state index contributed by atoms with van der Waals surface area (Å²) in [4.78, 5) is 0. The zero-order chi connectivity index (χ0) is 14.2. The standard InChI is InChI=1S/C20H13N/c21-13-14-10-11-17-16-8-4-5-9-18(16)20(19(17)12-14)15-6-2-1-3-7-15/h1-12,20H. The molecule has 0 aromatic heterocycles. The third-order valence-electron chi connectivity index (χ3n) is 4.19. The molecular weight excluding hydrogens is 254 g/mol. The highest BCUT2D eigenvalue weighted by Gasteiger charge is 2.29. The van der Waals surface area contributed by atoms with E-state index in [4.69, 9.17) is 0 Å². The summed E-state index contributed by atoms with van der Waals surface area (Å²) in [6, 6.07) is 27.3. The molecule has 0 fully saturated rings. The van der Waals surface area contributed by atoms with Crippen molar-refractivity contribution in [3.8, 4) is 17.2 Å². The first-order valence-corrected chi connectivity index (χ1v) is 7.07. The van der Waals surface area contributed by atoms with Gasteiger partial charge in [0.1, 0.15) is 0 Å². The maximum absolute atomic E-state index is 9.19. The minimum Gasteiger partial charge on any atom is -0.192 e. The van der Waals surface area contributed by atoms with Crippen LogP contribution in [0, 0.1) is 11.3 Å². The van der Waals surface area contributed by atoms with Gasteiger partial charge in [0.15, 0.2) is 0 Å². The van der Waals surface area contributed by atoms with Gasteiger partial charge in [0.05, 0.1) is 11.6 Å². The second-order valence-electron chi connectivity index (χ2n) is 5.34. The molecule has 0 spiro atoms. The molecule has 0 saturated carbocycles. The van der Waals surface area contributed by atoms with Gasteiger partial charge in [-0.15, -0.1) is 0 Å². The number of hydrogen-bond donors (Lipinski definition) is 0. The van der Waals surface area contributed by atoms with Gasteiger partial charge >= 0.3 is 0 Å². The fourth-order valence-electron chi connectivity index (χ4n) is 3.28. The van der Waals surface area contributed by atoms with Gasteiger partial charge in [-0.2, -0.15) is 5.26 Å². The van der Waals surface area contributed by atoms with E-state index in [1.807, 2.05) is 18.2 Å². The first-order valence-electron chi connectivity index (χ1n) is 7.07. The van der Waals surface area contributed by atoms with Gasteiger partial charge in [-0.25, -0.2) is 0 Å². The number of benzene rings is 3. The lowest BCUT2D eigenvalue weighted by atomic mass is 9.89. The summed E-state index contributed by atoms with van der Waals surface area (Å²) in [5, 5.41) is 9.19. The normalized spacial score (nSPS) is 15.1. The number of nitriles is 1. The van der Waals surface area contributed by atoms with E-state index < -0.39 is 0 Å². The van der Waals surface area contributed by atoms with E-state index in [9.17, 15) is 5.26 Å². The van der Waals surface area contributed by atoms with Crippen LogP contribution in [0.2, 0.25) is 0 Å². The molecule has 21 heavy (non-hydrogen) atoms. The third-order valence-corrected chi connectivity index (χ3v) is 4.19. The SMILES string of the molecule is N#Cc1ccc2c(c1)C(c1ccccc1)c1ccccc1-2. The van der Waals surface area contributed by atoms with Crippen LogP contribution in [0.15, 0.2) is 72.8 Å². The predicted molar refractivity (Wildman–Crippen MR) is 84.0 cm³/mol. The molecular formula is C20H13N. The fourth-order valence-corrected chi connectivity index (χ4v) is 3.28. The number of nitrogens with zero attached hydrogens (tertiary/aromatic N) is 1. The molecule has 98 valence electrons. The van der Waals surface area contributed by atoms with Crippen molar-refractivity contribution in [2.24, 2.45) is 0 Å². The van der Waals surface area contributed by atoms with Crippen LogP contribution in [0.4, 0.5) is 0 Å². The molecule has 1 atom stereocenters. The highest BCUT2D eigenvalue weighted by molar-refractivity contribution is 5.81. The summed E-state index contributed by atoms with van der Waals surface area (Å²) in [5.74, 6) is 0.227.